The molecule has 1 saturated carbocycles. The Kier molecular flexibility index (Phi) is 5.52. The molecule has 0 saturated heterocycles. The largest absolute Gasteiger partial charge is 0.351 e. The highest BCUT2D eigenvalue weighted by molar-refractivity contribution is 6.12. The third-order valence-electron chi connectivity index (χ3n) is 5.17. The molecule has 4 rings (SSSR count). The fraction of sp³-hybridized carbons (Fsp3) is 0.318. The molecule has 10 heteroatoms. The number of nitrogens with two attached hydrogens (primary N) is 1. The minimum atomic E-state index is -0.690. The van der Waals surface area contributed by atoms with Crippen molar-refractivity contribution in [2.75, 3.05) is 10.6 Å². The molecule has 1 aromatic carbocycles. The standard InChI is InChI=1S/C22H24N6O4/c1-11(2)10-28-18-17(20(30)27-22(28)32)15(9-16(26-18)12-3-4-12)19(29)24-13-5-7-14(8-6-13)25-21(23)31/h5-9,11-12H,3-4,10H2,1-2H3,(H,24,29)(H3,23,25,31)(H,27,30,32). The van der Waals surface area contributed by atoms with Crippen LogP contribution in [0.4, 0.5) is 16.2 Å². The lowest BCUT2D eigenvalue weighted by Crippen LogP contribution is -2.33. The topological polar surface area (TPSA) is 152 Å². The van der Waals surface area contributed by atoms with E-state index in [9.17, 15) is 19.2 Å². The summed E-state index contributed by atoms with van der Waals surface area (Å²) in [6.07, 6.45) is 1.90. The third kappa shape index (κ3) is 4.39. The first-order valence-electron chi connectivity index (χ1n) is 10.4. The predicted molar refractivity (Wildman–Crippen MR) is 121 cm³/mol. The number of carbonyl (C=O) groups excluding carboxylic acids is 2. The van der Waals surface area contributed by atoms with Crippen molar-refractivity contribution in [2.45, 2.75) is 39.2 Å². The summed E-state index contributed by atoms with van der Waals surface area (Å²) < 4.78 is 1.42. The Hall–Kier alpha value is -3.95. The summed E-state index contributed by atoms with van der Waals surface area (Å²) in [5.41, 5.74) is 5.95. The zero-order valence-electron chi connectivity index (χ0n) is 17.8. The number of nitrogens with zero attached hydrogens (tertiary/aromatic N) is 2. The average Bonchev–Trinajstić information content (AvgIpc) is 3.56. The van der Waals surface area contributed by atoms with Crippen LogP contribution in [0.3, 0.4) is 0 Å². The van der Waals surface area contributed by atoms with E-state index in [-0.39, 0.29) is 28.4 Å². The van der Waals surface area contributed by atoms with Crippen LogP contribution in [0.5, 0.6) is 0 Å². The Morgan fingerprint density at radius 2 is 1.78 bits per heavy atom. The van der Waals surface area contributed by atoms with Crippen molar-refractivity contribution in [3.63, 3.8) is 0 Å². The minimum Gasteiger partial charge on any atom is -0.351 e. The number of primary amides is 1. The summed E-state index contributed by atoms with van der Waals surface area (Å²) in [5.74, 6) is -0.139. The number of nitrogens with one attached hydrogen (secondary N) is 3. The highest BCUT2D eigenvalue weighted by Gasteiger charge is 2.29. The smallest absolute Gasteiger partial charge is 0.330 e. The fourth-order valence-corrected chi connectivity index (χ4v) is 3.57. The number of benzene rings is 1. The lowest BCUT2D eigenvalue weighted by Gasteiger charge is -2.15. The molecule has 0 unspecified atom stereocenters. The van der Waals surface area contributed by atoms with Gasteiger partial charge in [0.15, 0.2) is 5.65 Å². The van der Waals surface area contributed by atoms with Crippen LogP contribution in [0.2, 0.25) is 0 Å². The maximum absolute atomic E-state index is 13.2. The number of amides is 3. The van der Waals surface area contributed by atoms with Crippen molar-refractivity contribution >= 4 is 34.3 Å². The molecule has 2 aromatic heterocycles. The van der Waals surface area contributed by atoms with E-state index in [1.54, 1.807) is 30.3 Å². The zero-order chi connectivity index (χ0) is 23.0. The van der Waals surface area contributed by atoms with Crippen LogP contribution in [0.1, 0.15) is 48.7 Å². The van der Waals surface area contributed by atoms with E-state index < -0.39 is 23.2 Å². The maximum atomic E-state index is 13.2. The van der Waals surface area contributed by atoms with Gasteiger partial charge in [0.25, 0.3) is 11.5 Å². The van der Waals surface area contributed by atoms with E-state index in [4.69, 9.17) is 5.73 Å². The van der Waals surface area contributed by atoms with Gasteiger partial charge in [-0.25, -0.2) is 14.6 Å². The number of anilines is 2. The van der Waals surface area contributed by atoms with Crippen molar-refractivity contribution in [2.24, 2.45) is 11.7 Å². The van der Waals surface area contributed by atoms with E-state index in [1.807, 2.05) is 13.8 Å². The number of carbonyl (C=O) groups is 2. The molecule has 0 spiro atoms. The molecular weight excluding hydrogens is 412 g/mol. The van der Waals surface area contributed by atoms with Crippen molar-refractivity contribution in [1.82, 2.24) is 14.5 Å². The predicted octanol–water partition coefficient (Wildman–Crippen LogP) is 2.36. The molecule has 0 bridgehead atoms. The Labute approximate surface area is 182 Å². The Balaban J connectivity index is 1.78. The zero-order valence-corrected chi connectivity index (χ0v) is 17.8. The van der Waals surface area contributed by atoms with Gasteiger partial charge in [0.1, 0.15) is 0 Å². The SMILES string of the molecule is CC(C)Cn1c(=O)[nH]c(=O)c2c(C(=O)Nc3ccc(NC(N)=O)cc3)cc(C3CC3)nc21. The van der Waals surface area contributed by atoms with Crippen LogP contribution < -0.4 is 27.6 Å². The molecule has 10 nitrogen and oxygen atoms in total. The van der Waals surface area contributed by atoms with Gasteiger partial charge >= 0.3 is 11.7 Å². The van der Waals surface area contributed by atoms with Gasteiger partial charge in [0, 0.05) is 29.5 Å². The highest BCUT2D eigenvalue weighted by Crippen LogP contribution is 2.40. The molecule has 1 aliphatic rings. The molecule has 32 heavy (non-hydrogen) atoms. The van der Waals surface area contributed by atoms with Crippen LogP contribution in [-0.2, 0) is 6.54 Å². The lowest BCUT2D eigenvalue weighted by atomic mass is 10.1. The number of fused-ring (bicyclic) bond motifs is 1. The Morgan fingerprint density at radius 1 is 1.16 bits per heavy atom. The molecule has 3 aromatic rings. The molecule has 3 amide bonds. The molecule has 5 N–H and O–H groups in total. The van der Waals surface area contributed by atoms with Gasteiger partial charge in [0.05, 0.1) is 10.9 Å². The second-order valence-corrected chi connectivity index (χ2v) is 8.35. The average molecular weight is 436 g/mol. The summed E-state index contributed by atoms with van der Waals surface area (Å²) in [5, 5.41) is 5.29. The summed E-state index contributed by atoms with van der Waals surface area (Å²) in [6.45, 7) is 4.28. The first-order valence-corrected chi connectivity index (χ1v) is 10.4. The Morgan fingerprint density at radius 3 is 2.34 bits per heavy atom. The fourth-order valence-electron chi connectivity index (χ4n) is 3.57. The van der Waals surface area contributed by atoms with E-state index in [0.29, 0.717) is 23.6 Å². The van der Waals surface area contributed by atoms with E-state index in [2.05, 4.69) is 20.6 Å². The summed E-state index contributed by atoms with van der Waals surface area (Å²) in [7, 11) is 0. The van der Waals surface area contributed by atoms with Crippen LogP contribution >= 0.6 is 0 Å². The number of aromatic amines is 1. The van der Waals surface area contributed by atoms with Crippen molar-refractivity contribution in [1.29, 1.82) is 0 Å². The number of aromatic nitrogens is 3. The van der Waals surface area contributed by atoms with Crippen LogP contribution in [0.15, 0.2) is 39.9 Å². The Bertz CT molecular complexity index is 1320. The van der Waals surface area contributed by atoms with Crippen molar-refractivity contribution in [3.05, 3.63) is 62.4 Å². The van der Waals surface area contributed by atoms with Gasteiger partial charge in [-0.15, -0.1) is 0 Å². The molecule has 0 aliphatic heterocycles. The quantitative estimate of drug-likeness (QED) is 0.467. The van der Waals surface area contributed by atoms with Crippen LogP contribution in [0, 0.1) is 5.92 Å². The second kappa shape index (κ2) is 8.29. The summed E-state index contributed by atoms with van der Waals surface area (Å²) in [4.78, 5) is 56.3. The minimum absolute atomic E-state index is 0.0826. The molecule has 166 valence electrons. The maximum Gasteiger partial charge on any atom is 0.330 e. The van der Waals surface area contributed by atoms with Crippen LogP contribution in [0.25, 0.3) is 11.0 Å². The van der Waals surface area contributed by atoms with E-state index >= 15 is 0 Å². The highest BCUT2D eigenvalue weighted by atomic mass is 16.2. The first kappa shape index (κ1) is 21.3. The van der Waals surface area contributed by atoms with Gasteiger partial charge < -0.3 is 16.4 Å². The lowest BCUT2D eigenvalue weighted by molar-refractivity contribution is 0.102. The van der Waals surface area contributed by atoms with Gasteiger partial charge in [-0.05, 0) is 49.1 Å². The number of H-pyrrole nitrogens is 1. The van der Waals surface area contributed by atoms with Gasteiger partial charge in [0.2, 0.25) is 0 Å². The monoisotopic (exact) mass is 436 g/mol. The molecule has 2 heterocycles. The summed E-state index contributed by atoms with van der Waals surface area (Å²) in [6, 6.07) is 7.34. The second-order valence-electron chi connectivity index (χ2n) is 8.35. The number of pyridine rings is 1. The number of hydrogen-bond donors (Lipinski definition) is 4. The van der Waals surface area contributed by atoms with E-state index in [0.717, 1.165) is 12.8 Å². The normalized spacial score (nSPS) is 13.3. The van der Waals surface area contributed by atoms with Crippen molar-refractivity contribution < 1.29 is 9.59 Å². The number of urea groups is 1. The van der Waals surface area contributed by atoms with E-state index in [1.165, 1.54) is 4.57 Å². The van der Waals surface area contributed by atoms with Gasteiger partial charge in [-0.1, -0.05) is 13.8 Å². The van der Waals surface area contributed by atoms with Crippen LogP contribution in [-0.4, -0.2) is 26.5 Å². The van der Waals surface area contributed by atoms with Gasteiger partial charge in [-0.2, -0.15) is 0 Å². The van der Waals surface area contributed by atoms with Gasteiger partial charge in [-0.3, -0.25) is 19.1 Å². The first-order chi connectivity index (χ1) is 15.2. The van der Waals surface area contributed by atoms with Crippen molar-refractivity contribution in [3.8, 4) is 0 Å². The molecule has 0 atom stereocenters. The molecule has 1 fully saturated rings. The number of hydrogen-bond acceptors (Lipinski definition) is 5. The summed E-state index contributed by atoms with van der Waals surface area (Å²) >= 11 is 0. The molecule has 0 radical (unpaired) electrons. The molecular formula is C22H24N6O4. The third-order valence-corrected chi connectivity index (χ3v) is 5.17. The molecule has 1 aliphatic carbocycles. The number of rotatable bonds is 6.